The first kappa shape index (κ1) is 22.9. The summed E-state index contributed by atoms with van der Waals surface area (Å²) in [7, 11) is 0. The van der Waals surface area contributed by atoms with Gasteiger partial charge in [-0.15, -0.1) is 0 Å². The molecule has 1 aliphatic carbocycles. The van der Waals surface area contributed by atoms with Crippen molar-refractivity contribution < 1.29 is 42.8 Å². The number of hydrogen-bond acceptors (Lipinski definition) is 9. The maximum atomic E-state index is 11.8. The van der Waals surface area contributed by atoms with Crippen LogP contribution in [0, 0.1) is 0 Å². The Bertz CT molecular complexity index is 424. The Balaban J connectivity index is 2.71. The molecule has 0 aromatic rings. The van der Waals surface area contributed by atoms with E-state index < -0.39 is 36.8 Å². The largest absolute Gasteiger partial charge is 0.508 e. The zero-order chi connectivity index (χ0) is 20.6. The lowest BCUT2D eigenvalue weighted by Gasteiger charge is -2.33. The summed E-state index contributed by atoms with van der Waals surface area (Å²) >= 11 is 0. The Hall–Kier alpha value is -2.19. The Morgan fingerprint density at radius 3 is 0.963 bits per heavy atom. The van der Waals surface area contributed by atoms with Crippen LogP contribution in [-0.4, -0.2) is 55.1 Å². The van der Waals surface area contributed by atoms with Crippen molar-refractivity contribution in [2.75, 3.05) is 0 Å². The number of ether oxygens (including phenoxy) is 6. The van der Waals surface area contributed by atoms with Crippen molar-refractivity contribution in [1.82, 2.24) is 0 Å². The van der Waals surface area contributed by atoms with E-state index in [0.717, 1.165) is 0 Å². The first-order chi connectivity index (χ1) is 12.5. The van der Waals surface area contributed by atoms with Gasteiger partial charge in [-0.3, -0.25) is 0 Å². The maximum Gasteiger partial charge on any atom is 0.508 e. The molecule has 1 aliphatic rings. The van der Waals surface area contributed by atoms with E-state index in [4.69, 9.17) is 28.4 Å². The predicted molar refractivity (Wildman–Crippen MR) is 93.3 cm³/mol. The minimum absolute atomic E-state index is 0.249. The normalized spacial score (nSPS) is 22.3. The lowest BCUT2D eigenvalue weighted by molar-refractivity contribution is -0.0840. The zero-order valence-electron chi connectivity index (χ0n) is 16.8. The van der Waals surface area contributed by atoms with Crippen LogP contribution >= 0.6 is 0 Å². The predicted octanol–water partition coefficient (Wildman–Crippen LogP) is 3.96. The van der Waals surface area contributed by atoms with Crippen LogP contribution in [0.2, 0.25) is 0 Å². The van der Waals surface area contributed by atoms with Gasteiger partial charge in [-0.05, 0) is 41.5 Å². The number of hydrogen-bond donors (Lipinski definition) is 0. The molecule has 0 heterocycles. The van der Waals surface area contributed by atoms with E-state index >= 15 is 0 Å². The Morgan fingerprint density at radius 2 is 0.778 bits per heavy atom. The van der Waals surface area contributed by atoms with Gasteiger partial charge in [0.15, 0.2) is 0 Å². The van der Waals surface area contributed by atoms with E-state index in [1.807, 2.05) is 0 Å². The summed E-state index contributed by atoms with van der Waals surface area (Å²) in [6, 6.07) is 0. The Labute approximate surface area is 159 Å². The monoisotopic (exact) mass is 390 g/mol. The van der Waals surface area contributed by atoms with Crippen molar-refractivity contribution in [2.45, 2.75) is 97.4 Å². The average Bonchev–Trinajstić information content (AvgIpc) is 2.43. The molecule has 0 aromatic carbocycles. The van der Waals surface area contributed by atoms with Gasteiger partial charge < -0.3 is 28.4 Å². The standard InChI is InChI=1S/C18H30O9/c1-10(2)22-16(19)25-13-7-14(26-17(20)23-11(3)4)9-15(8-13)27-18(21)24-12(5)6/h10-15H,7-9H2,1-6H3. The lowest BCUT2D eigenvalue weighted by atomic mass is 9.92. The fourth-order valence-electron chi connectivity index (χ4n) is 2.53. The summed E-state index contributed by atoms with van der Waals surface area (Å²) in [6.45, 7) is 10.2. The van der Waals surface area contributed by atoms with Gasteiger partial charge in [0.1, 0.15) is 18.3 Å². The number of carbonyl (C=O) groups is 3. The first-order valence-corrected chi connectivity index (χ1v) is 9.16. The third kappa shape index (κ3) is 9.91. The summed E-state index contributed by atoms with van der Waals surface area (Å²) in [5.41, 5.74) is 0. The minimum atomic E-state index is -0.830. The van der Waals surface area contributed by atoms with Crippen molar-refractivity contribution >= 4 is 18.5 Å². The molecule has 0 unspecified atom stereocenters. The van der Waals surface area contributed by atoms with Crippen LogP contribution in [-0.2, 0) is 28.4 Å². The van der Waals surface area contributed by atoms with Crippen molar-refractivity contribution in [3.63, 3.8) is 0 Å². The van der Waals surface area contributed by atoms with Gasteiger partial charge in [0.2, 0.25) is 0 Å². The molecule has 0 atom stereocenters. The molecular weight excluding hydrogens is 360 g/mol. The van der Waals surface area contributed by atoms with E-state index in [0.29, 0.717) is 0 Å². The fourth-order valence-corrected chi connectivity index (χ4v) is 2.53. The molecular formula is C18H30O9. The highest BCUT2D eigenvalue weighted by Gasteiger charge is 2.36. The summed E-state index contributed by atoms with van der Waals surface area (Å²) in [5, 5.41) is 0. The molecule has 0 N–H and O–H groups in total. The molecule has 0 aliphatic heterocycles. The summed E-state index contributed by atoms with van der Waals surface area (Å²) in [4.78, 5) is 35.3. The highest BCUT2D eigenvalue weighted by atomic mass is 16.8. The molecule has 1 fully saturated rings. The van der Waals surface area contributed by atoms with Crippen molar-refractivity contribution in [2.24, 2.45) is 0 Å². The molecule has 0 spiro atoms. The van der Waals surface area contributed by atoms with Gasteiger partial charge in [0, 0.05) is 19.3 Å². The van der Waals surface area contributed by atoms with Gasteiger partial charge in [-0.1, -0.05) is 0 Å². The van der Waals surface area contributed by atoms with E-state index in [1.165, 1.54) is 0 Å². The van der Waals surface area contributed by atoms with Crippen LogP contribution in [0.4, 0.5) is 14.4 Å². The van der Waals surface area contributed by atoms with Crippen LogP contribution in [0.3, 0.4) is 0 Å². The van der Waals surface area contributed by atoms with E-state index in [1.54, 1.807) is 41.5 Å². The smallest absolute Gasteiger partial charge is 0.432 e. The van der Waals surface area contributed by atoms with Crippen molar-refractivity contribution in [3.8, 4) is 0 Å². The quantitative estimate of drug-likeness (QED) is 0.492. The molecule has 0 bridgehead atoms. The second-order valence-corrected chi connectivity index (χ2v) is 7.18. The zero-order valence-corrected chi connectivity index (χ0v) is 16.8. The molecule has 1 saturated carbocycles. The lowest BCUT2D eigenvalue weighted by Crippen LogP contribution is -2.40. The second kappa shape index (κ2) is 10.8. The molecule has 0 amide bonds. The number of rotatable bonds is 6. The van der Waals surface area contributed by atoms with Crippen LogP contribution in [0.25, 0.3) is 0 Å². The molecule has 27 heavy (non-hydrogen) atoms. The van der Waals surface area contributed by atoms with Crippen molar-refractivity contribution in [3.05, 3.63) is 0 Å². The summed E-state index contributed by atoms with van der Waals surface area (Å²) < 4.78 is 30.7. The molecule has 9 heteroatoms. The molecule has 156 valence electrons. The third-order valence-electron chi connectivity index (χ3n) is 3.36. The number of carbonyl (C=O) groups excluding carboxylic acids is 3. The van der Waals surface area contributed by atoms with Gasteiger partial charge in [-0.25, -0.2) is 14.4 Å². The van der Waals surface area contributed by atoms with Gasteiger partial charge in [0.25, 0.3) is 0 Å². The highest BCUT2D eigenvalue weighted by Crippen LogP contribution is 2.27. The van der Waals surface area contributed by atoms with Gasteiger partial charge in [0.05, 0.1) is 18.3 Å². The van der Waals surface area contributed by atoms with Crippen LogP contribution < -0.4 is 0 Å². The summed E-state index contributed by atoms with van der Waals surface area (Å²) in [6.07, 6.45) is -4.65. The molecule has 0 aromatic heterocycles. The molecule has 0 radical (unpaired) electrons. The first-order valence-electron chi connectivity index (χ1n) is 9.16. The molecule has 1 rings (SSSR count). The Kier molecular flexibility index (Phi) is 9.17. The van der Waals surface area contributed by atoms with Gasteiger partial charge >= 0.3 is 18.5 Å². The molecule has 0 saturated heterocycles. The third-order valence-corrected chi connectivity index (χ3v) is 3.36. The minimum Gasteiger partial charge on any atom is -0.432 e. The van der Waals surface area contributed by atoms with Crippen molar-refractivity contribution in [1.29, 1.82) is 0 Å². The van der Waals surface area contributed by atoms with E-state index in [9.17, 15) is 14.4 Å². The maximum absolute atomic E-state index is 11.8. The van der Waals surface area contributed by atoms with Gasteiger partial charge in [-0.2, -0.15) is 0 Å². The van der Waals surface area contributed by atoms with Crippen LogP contribution in [0.1, 0.15) is 60.8 Å². The average molecular weight is 390 g/mol. The second-order valence-electron chi connectivity index (χ2n) is 7.18. The fraction of sp³-hybridized carbons (Fsp3) is 0.833. The van der Waals surface area contributed by atoms with E-state index in [-0.39, 0.29) is 37.6 Å². The topological polar surface area (TPSA) is 107 Å². The summed E-state index contributed by atoms with van der Waals surface area (Å²) in [5.74, 6) is 0. The molecule has 9 nitrogen and oxygen atoms in total. The highest BCUT2D eigenvalue weighted by molar-refractivity contribution is 5.61. The SMILES string of the molecule is CC(C)OC(=O)OC1CC(OC(=O)OC(C)C)CC(OC(=O)OC(C)C)C1. The Morgan fingerprint density at radius 1 is 0.556 bits per heavy atom. The van der Waals surface area contributed by atoms with Crippen LogP contribution in [0.5, 0.6) is 0 Å². The van der Waals surface area contributed by atoms with Crippen LogP contribution in [0.15, 0.2) is 0 Å². The van der Waals surface area contributed by atoms with E-state index in [2.05, 4.69) is 0 Å².